The molecule has 1 atom stereocenters. The molecule has 0 aromatic heterocycles. The minimum Gasteiger partial charge on any atom is -0.207 e. The van der Waals surface area contributed by atoms with Gasteiger partial charge in [-0.3, -0.25) is 0 Å². The van der Waals surface area contributed by atoms with Gasteiger partial charge in [-0.05, 0) is 54.2 Å². The fraction of sp³-hybridized carbons (Fsp3) is 0.250. The van der Waals surface area contributed by atoms with Gasteiger partial charge in [-0.2, -0.15) is 0 Å². The van der Waals surface area contributed by atoms with E-state index in [0.29, 0.717) is 17.3 Å². The van der Waals surface area contributed by atoms with Crippen molar-refractivity contribution in [2.45, 2.75) is 12.8 Å². The van der Waals surface area contributed by atoms with Gasteiger partial charge in [-0.25, -0.2) is 4.39 Å². The first-order valence-electron chi connectivity index (χ1n) is 6.33. The van der Waals surface area contributed by atoms with Crippen LogP contribution in [0.15, 0.2) is 46.9 Å². The van der Waals surface area contributed by atoms with E-state index in [1.54, 1.807) is 6.07 Å². The van der Waals surface area contributed by atoms with Gasteiger partial charge in [0.2, 0.25) is 0 Å². The van der Waals surface area contributed by atoms with Crippen LogP contribution in [0.1, 0.15) is 11.1 Å². The first-order valence-corrected chi connectivity index (χ1v) is 8.04. The first kappa shape index (κ1) is 15.8. The maximum Gasteiger partial charge on any atom is 0.123 e. The lowest BCUT2D eigenvalue weighted by Crippen LogP contribution is -2.11. The molecule has 0 bridgehead atoms. The maximum atomic E-state index is 13.3. The van der Waals surface area contributed by atoms with E-state index in [1.165, 1.54) is 17.7 Å². The van der Waals surface area contributed by atoms with Crippen LogP contribution in [-0.2, 0) is 12.8 Å². The molecule has 0 N–H and O–H groups in total. The Bertz CT molecular complexity index is 586. The summed E-state index contributed by atoms with van der Waals surface area (Å²) in [4.78, 5) is 0. The number of hydrogen-bond donors (Lipinski definition) is 0. The van der Waals surface area contributed by atoms with Crippen molar-refractivity contribution in [3.8, 4) is 0 Å². The Hall–Kier alpha value is -0.570. The highest BCUT2D eigenvalue weighted by Gasteiger charge is 2.14. The van der Waals surface area contributed by atoms with E-state index in [4.69, 9.17) is 23.2 Å². The highest BCUT2D eigenvalue weighted by molar-refractivity contribution is 9.10. The van der Waals surface area contributed by atoms with Gasteiger partial charge in [-0.1, -0.05) is 45.7 Å². The normalized spacial score (nSPS) is 12.4. The van der Waals surface area contributed by atoms with Crippen molar-refractivity contribution in [2.75, 3.05) is 5.88 Å². The monoisotopic (exact) mass is 374 g/mol. The van der Waals surface area contributed by atoms with E-state index < -0.39 is 0 Å². The Balaban J connectivity index is 2.13. The van der Waals surface area contributed by atoms with Gasteiger partial charge >= 0.3 is 0 Å². The SMILES string of the molecule is Fc1ccc(Cl)c(CC(CCl)Cc2ccccc2Br)c1. The molecule has 0 nitrogen and oxygen atoms in total. The standard InChI is InChI=1S/C16H14BrCl2F/c17-15-4-2-1-3-12(15)7-11(10-18)8-13-9-14(20)5-6-16(13)19/h1-6,9,11H,7-8,10H2. The molecule has 1 unspecified atom stereocenters. The molecule has 4 heteroatoms. The highest BCUT2D eigenvalue weighted by Crippen LogP contribution is 2.25. The van der Waals surface area contributed by atoms with Gasteiger partial charge < -0.3 is 0 Å². The Morgan fingerprint density at radius 1 is 1.05 bits per heavy atom. The van der Waals surface area contributed by atoms with E-state index in [0.717, 1.165) is 16.5 Å². The Morgan fingerprint density at radius 2 is 1.75 bits per heavy atom. The fourth-order valence-corrected chi connectivity index (χ4v) is 3.03. The van der Waals surface area contributed by atoms with E-state index in [9.17, 15) is 4.39 Å². The van der Waals surface area contributed by atoms with Crippen LogP contribution in [0.2, 0.25) is 5.02 Å². The summed E-state index contributed by atoms with van der Waals surface area (Å²) in [6, 6.07) is 12.5. The van der Waals surface area contributed by atoms with Crippen LogP contribution in [-0.4, -0.2) is 5.88 Å². The van der Waals surface area contributed by atoms with E-state index in [2.05, 4.69) is 22.0 Å². The van der Waals surface area contributed by atoms with E-state index >= 15 is 0 Å². The molecule has 0 amide bonds. The third-order valence-corrected chi connectivity index (χ3v) is 4.78. The zero-order valence-electron chi connectivity index (χ0n) is 10.8. The van der Waals surface area contributed by atoms with E-state index in [-0.39, 0.29) is 11.7 Å². The molecule has 20 heavy (non-hydrogen) atoms. The molecule has 0 saturated heterocycles. The average Bonchev–Trinajstić information content (AvgIpc) is 2.44. The van der Waals surface area contributed by atoms with Crippen LogP contribution in [0.4, 0.5) is 4.39 Å². The van der Waals surface area contributed by atoms with Crippen molar-refractivity contribution in [3.63, 3.8) is 0 Å². The maximum absolute atomic E-state index is 13.3. The molecule has 106 valence electrons. The predicted molar refractivity (Wildman–Crippen MR) is 87.2 cm³/mol. The molecule has 0 saturated carbocycles. The molecular weight excluding hydrogens is 362 g/mol. The van der Waals surface area contributed by atoms with Crippen LogP contribution in [0.3, 0.4) is 0 Å². The van der Waals surface area contributed by atoms with Gasteiger partial charge in [0.15, 0.2) is 0 Å². The molecule has 0 fully saturated rings. The third kappa shape index (κ3) is 4.21. The summed E-state index contributed by atoms with van der Waals surface area (Å²) in [5.41, 5.74) is 2.01. The average molecular weight is 376 g/mol. The molecule has 0 aliphatic rings. The van der Waals surface area contributed by atoms with E-state index in [1.807, 2.05) is 18.2 Å². The summed E-state index contributed by atoms with van der Waals surface area (Å²) < 4.78 is 14.4. The van der Waals surface area contributed by atoms with Crippen LogP contribution in [0, 0.1) is 11.7 Å². The lowest BCUT2D eigenvalue weighted by Gasteiger charge is -2.16. The van der Waals surface area contributed by atoms with Crippen LogP contribution in [0.5, 0.6) is 0 Å². The molecule has 0 spiro atoms. The molecule has 2 rings (SSSR count). The largest absolute Gasteiger partial charge is 0.207 e. The zero-order chi connectivity index (χ0) is 14.5. The molecule has 0 aliphatic heterocycles. The first-order chi connectivity index (χ1) is 9.60. The summed E-state index contributed by atoms with van der Waals surface area (Å²) in [5, 5.41) is 0.591. The Kier molecular flexibility index (Phi) is 5.88. The summed E-state index contributed by atoms with van der Waals surface area (Å²) >= 11 is 15.7. The van der Waals surface area contributed by atoms with Crippen LogP contribution >= 0.6 is 39.1 Å². The van der Waals surface area contributed by atoms with Crippen LogP contribution in [0.25, 0.3) is 0 Å². The van der Waals surface area contributed by atoms with Gasteiger partial charge in [0, 0.05) is 15.4 Å². The van der Waals surface area contributed by atoms with Crippen molar-refractivity contribution < 1.29 is 4.39 Å². The lowest BCUT2D eigenvalue weighted by atomic mass is 9.94. The minimum atomic E-state index is -0.265. The van der Waals surface area contributed by atoms with Gasteiger partial charge in [0.05, 0.1) is 0 Å². The molecule has 0 heterocycles. The number of hydrogen-bond acceptors (Lipinski definition) is 0. The zero-order valence-corrected chi connectivity index (χ0v) is 13.8. The van der Waals surface area contributed by atoms with Crippen molar-refractivity contribution in [1.82, 2.24) is 0 Å². The number of alkyl halides is 1. The second-order valence-electron chi connectivity index (χ2n) is 4.76. The molecule has 2 aromatic carbocycles. The highest BCUT2D eigenvalue weighted by atomic mass is 79.9. The van der Waals surface area contributed by atoms with Crippen LogP contribution < -0.4 is 0 Å². The second kappa shape index (κ2) is 7.44. The minimum absolute atomic E-state index is 0.217. The summed E-state index contributed by atoms with van der Waals surface area (Å²) in [6.07, 6.45) is 1.50. The van der Waals surface area contributed by atoms with Gasteiger partial charge in [0.25, 0.3) is 0 Å². The van der Waals surface area contributed by atoms with Crippen molar-refractivity contribution in [2.24, 2.45) is 5.92 Å². The third-order valence-electron chi connectivity index (χ3n) is 3.20. The predicted octanol–water partition coefficient (Wildman–Crippen LogP) is 5.88. The van der Waals surface area contributed by atoms with Crippen molar-refractivity contribution >= 4 is 39.1 Å². The van der Waals surface area contributed by atoms with Gasteiger partial charge in [-0.15, -0.1) is 11.6 Å². The summed E-state index contributed by atoms with van der Waals surface area (Å²) in [7, 11) is 0. The number of benzene rings is 2. The lowest BCUT2D eigenvalue weighted by molar-refractivity contribution is 0.575. The van der Waals surface area contributed by atoms with Crippen molar-refractivity contribution in [1.29, 1.82) is 0 Å². The number of rotatable bonds is 5. The molecule has 0 aliphatic carbocycles. The quantitative estimate of drug-likeness (QED) is 0.572. The number of halogens is 4. The molecule has 0 radical (unpaired) electrons. The molecule has 2 aromatic rings. The molecular formula is C16H14BrCl2F. The fourth-order valence-electron chi connectivity index (χ4n) is 2.17. The van der Waals surface area contributed by atoms with Crippen molar-refractivity contribution in [3.05, 3.63) is 68.9 Å². The summed E-state index contributed by atoms with van der Waals surface area (Å²) in [6.45, 7) is 0. The Morgan fingerprint density at radius 3 is 2.45 bits per heavy atom. The summed E-state index contributed by atoms with van der Waals surface area (Å²) in [5.74, 6) is 0.460. The second-order valence-corrected chi connectivity index (χ2v) is 6.33. The Labute approximate surface area is 137 Å². The van der Waals surface area contributed by atoms with Gasteiger partial charge in [0.1, 0.15) is 5.82 Å². The topological polar surface area (TPSA) is 0 Å². The smallest absolute Gasteiger partial charge is 0.123 e.